The Morgan fingerprint density at radius 2 is 1.86 bits per heavy atom. The number of nitrogens with zero attached hydrogens (tertiary/aromatic N) is 3. The molecule has 1 aromatic heterocycles. The number of aryl methyl sites for hydroxylation is 1. The van der Waals surface area contributed by atoms with E-state index in [2.05, 4.69) is 26.5 Å². The summed E-state index contributed by atoms with van der Waals surface area (Å²) < 4.78 is 0. The highest BCUT2D eigenvalue weighted by molar-refractivity contribution is 7.16. The summed E-state index contributed by atoms with van der Waals surface area (Å²) in [5, 5.41) is 16.0. The van der Waals surface area contributed by atoms with Crippen molar-refractivity contribution in [3.05, 3.63) is 16.0 Å². The number of hydrogen-bond acceptors (Lipinski definition) is 6. The van der Waals surface area contributed by atoms with Gasteiger partial charge in [0.2, 0.25) is 11.8 Å². The maximum atomic E-state index is 12.4. The van der Waals surface area contributed by atoms with Gasteiger partial charge < -0.3 is 15.5 Å². The van der Waals surface area contributed by atoms with Crippen molar-refractivity contribution < 1.29 is 9.59 Å². The molecule has 0 bridgehead atoms. The van der Waals surface area contributed by atoms with Crippen molar-refractivity contribution in [2.24, 2.45) is 0 Å². The zero-order valence-electron chi connectivity index (χ0n) is 16.7. The van der Waals surface area contributed by atoms with E-state index in [-0.39, 0.29) is 17.9 Å². The van der Waals surface area contributed by atoms with Gasteiger partial charge in [-0.15, -0.1) is 11.3 Å². The number of hydrogen-bond donors (Lipinski definition) is 2. The van der Waals surface area contributed by atoms with E-state index < -0.39 is 0 Å². The van der Waals surface area contributed by atoms with Crippen LogP contribution in [-0.4, -0.2) is 66.9 Å². The van der Waals surface area contributed by atoms with Crippen molar-refractivity contribution in [2.45, 2.75) is 45.6 Å². The molecule has 3 rings (SSSR count). The minimum Gasteiger partial charge on any atom is -0.353 e. The normalized spacial score (nSPS) is 17.4. The van der Waals surface area contributed by atoms with Crippen LogP contribution in [0.1, 0.15) is 42.7 Å². The molecular weight excluding hydrogens is 374 g/mol. The first-order chi connectivity index (χ1) is 13.5. The molecular formula is C20H29N5O2S. The monoisotopic (exact) mass is 403 g/mol. The molecule has 1 fully saturated rings. The van der Waals surface area contributed by atoms with Gasteiger partial charge in [-0.25, -0.2) is 0 Å². The van der Waals surface area contributed by atoms with Gasteiger partial charge in [-0.3, -0.25) is 14.5 Å². The molecule has 2 N–H and O–H groups in total. The quantitative estimate of drug-likeness (QED) is 0.722. The first-order valence-electron chi connectivity index (χ1n) is 10.0. The van der Waals surface area contributed by atoms with E-state index in [1.165, 1.54) is 4.88 Å². The van der Waals surface area contributed by atoms with E-state index in [1.54, 1.807) is 11.3 Å². The average Bonchev–Trinajstić information content (AvgIpc) is 3.21. The largest absolute Gasteiger partial charge is 0.353 e. The minimum absolute atomic E-state index is 0.0323. The van der Waals surface area contributed by atoms with E-state index in [0.717, 1.165) is 56.0 Å². The first kappa shape index (κ1) is 20.8. The van der Waals surface area contributed by atoms with Gasteiger partial charge in [0.25, 0.3) is 0 Å². The number of rotatable bonds is 7. The van der Waals surface area contributed by atoms with Crippen LogP contribution in [0.3, 0.4) is 0 Å². The van der Waals surface area contributed by atoms with Gasteiger partial charge in [0.1, 0.15) is 11.1 Å². The summed E-state index contributed by atoms with van der Waals surface area (Å²) in [4.78, 5) is 29.9. The van der Waals surface area contributed by atoms with Crippen LogP contribution in [-0.2, 0) is 22.4 Å². The molecule has 2 amide bonds. The van der Waals surface area contributed by atoms with Crippen molar-refractivity contribution in [3.63, 3.8) is 0 Å². The summed E-state index contributed by atoms with van der Waals surface area (Å²) in [6.45, 7) is 8.46. The van der Waals surface area contributed by atoms with Gasteiger partial charge in [0.05, 0.1) is 12.1 Å². The molecule has 0 radical (unpaired) electrons. The molecule has 0 saturated carbocycles. The smallest absolute Gasteiger partial charge is 0.234 e. The Hall–Kier alpha value is -1.95. The predicted molar refractivity (Wildman–Crippen MR) is 110 cm³/mol. The number of carbonyl (C=O) groups excluding carboxylic acids is 2. The Labute approximate surface area is 170 Å². The molecule has 0 spiro atoms. The Kier molecular flexibility index (Phi) is 7.05. The molecule has 8 heteroatoms. The molecule has 1 aliphatic carbocycles. The lowest BCUT2D eigenvalue weighted by atomic mass is 10.1. The average molecular weight is 404 g/mol. The maximum absolute atomic E-state index is 12.4. The third-order valence-electron chi connectivity index (χ3n) is 5.22. The molecule has 0 aromatic carbocycles. The second-order valence-electron chi connectivity index (χ2n) is 7.81. The standard InChI is InChI=1S/C20H29N5O2S/c1-14(2)22-19(27)13-25-10-8-24(9-11-25)7-6-18(26)23-20-16(12-21)15-4-3-5-17(15)28-20/h14H,3-11,13H2,1-2H3,(H,22,27)(H,23,26). The van der Waals surface area contributed by atoms with Crippen LogP contribution in [0, 0.1) is 11.3 Å². The summed E-state index contributed by atoms with van der Waals surface area (Å²) in [6, 6.07) is 2.43. The SMILES string of the molecule is CC(C)NC(=O)CN1CCN(CCC(=O)Nc2sc3c(c2C#N)CCC3)CC1. The van der Waals surface area contributed by atoms with Gasteiger partial charge in [-0.2, -0.15) is 5.26 Å². The molecule has 1 aromatic rings. The van der Waals surface area contributed by atoms with E-state index in [4.69, 9.17) is 0 Å². The number of piperazine rings is 1. The Morgan fingerprint density at radius 3 is 2.54 bits per heavy atom. The first-order valence-corrected chi connectivity index (χ1v) is 10.9. The lowest BCUT2D eigenvalue weighted by Crippen LogP contribution is -2.50. The molecule has 2 heterocycles. The molecule has 7 nitrogen and oxygen atoms in total. The van der Waals surface area contributed by atoms with Crippen LogP contribution < -0.4 is 10.6 Å². The number of fused-ring (bicyclic) bond motifs is 1. The summed E-state index contributed by atoms with van der Waals surface area (Å²) in [5.74, 6) is 0.0362. The number of nitriles is 1. The van der Waals surface area contributed by atoms with Crippen molar-refractivity contribution in [1.82, 2.24) is 15.1 Å². The fraction of sp³-hybridized carbons (Fsp3) is 0.650. The predicted octanol–water partition coefficient (Wildman–Crippen LogP) is 1.58. The van der Waals surface area contributed by atoms with Crippen LogP contribution in [0.2, 0.25) is 0 Å². The second-order valence-corrected chi connectivity index (χ2v) is 8.92. The number of carbonyl (C=O) groups is 2. The van der Waals surface area contributed by atoms with Crippen LogP contribution in [0.25, 0.3) is 0 Å². The Morgan fingerprint density at radius 1 is 1.14 bits per heavy atom. The maximum Gasteiger partial charge on any atom is 0.234 e. The number of anilines is 1. The summed E-state index contributed by atoms with van der Waals surface area (Å²) >= 11 is 1.56. The Bertz CT molecular complexity index is 759. The van der Waals surface area contributed by atoms with Gasteiger partial charge >= 0.3 is 0 Å². The summed E-state index contributed by atoms with van der Waals surface area (Å²) in [5.41, 5.74) is 1.81. The topological polar surface area (TPSA) is 88.5 Å². The third-order valence-corrected chi connectivity index (χ3v) is 6.43. The van der Waals surface area contributed by atoms with Crippen molar-refractivity contribution in [2.75, 3.05) is 44.6 Å². The van der Waals surface area contributed by atoms with E-state index in [1.807, 2.05) is 13.8 Å². The third kappa shape index (κ3) is 5.31. The number of thiophene rings is 1. The van der Waals surface area contributed by atoms with Crippen LogP contribution in [0.15, 0.2) is 0 Å². The fourth-order valence-electron chi connectivity index (χ4n) is 3.80. The zero-order valence-corrected chi connectivity index (χ0v) is 17.5. The second kappa shape index (κ2) is 9.50. The van der Waals surface area contributed by atoms with Crippen molar-refractivity contribution >= 4 is 28.2 Å². The lowest BCUT2D eigenvalue weighted by Gasteiger charge is -2.34. The molecule has 0 unspecified atom stereocenters. The molecule has 2 aliphatic rings. The van der Waals surface area contributed by atoms with Crippen molar-refractivity contribution in [1.29, 1.82) is 5.26 Å². The van der Waals surface area contributed by atoms with E-state index >= 15 is 0 Å². The minimum atomic E-state index is -0.0323. The van der Waals surface area contributed by atoms with Gasteiger partial charge in [0.15, 0.2) is 0 Å². The molecule has 28 heavy (non-hydrogen) atoms. The summed E-state index contributed by atoms with van der Waals surface area (Å²) in [6.07, 6.45) is 3.49. The van der Waals surface area contributed by atoms with E-state index in [0.29, 0.717) is 25.1 Å². The van der Waals surface area contributed by atoms with Crippen molar-refractivity contribution in [3.8, 4) is 6.07 Å². The van der Waals surface area contributed by atoms with Gasteiger partial charge in [0, 0.05) is 50.1 Å². The number of nitrogens with one attached hydrogen (secondary N) is 2. The fourth-order valence-corrected chi connectivity index (χ4v) is 5.06. The van der Waals surface area contributed by atoms with Crippen LogP contribution in [0.4, 0.5) is 5.00 Å². The highest BCUT2D eigenvalue weighted by Gasteiger charge is 2.24. The number of amides is 2. The van der Waals surface area contributed by atoms with Gasteiger partial charge in [-0.1, -0.05) is 0 Å². The molecule has 152 valence electrons. The Balaban J connectivity index is 1.39. The highest BCUT2D eigenvalue weighted by atomic mass is 32.1. The molecule has 1 saturated heterocycles. The van der Waals surface area contributed by atoms with E-state index in [9.17, 15) is 14.9 Å². The van der Waals surface area contributed by atoms with Gasteiger partial charge in [-0.05, 0) is 38.7 Å². The van der Waals surface area contributed by atoms with Crippen LogP contribution >= 0.6 is 11.3 Å². The zero-order chi connectivity index (χ0) is 20.1. The summed E-state index contributed by atoms with van der Waals surface area (Å²) in [7, 11) is 0. The van der Waals surface area contributed by atoms with Crippen LogP contribution in [0.5, 0.6) is 0 Å². The lowest BCUT2D eigenvalue weighted by molar-refractivity contribution is -0.123. The highest BCUT2D eigenvalue weighted by Crippen LogP contribution is 2.38. The molecule has 1 aliphatic heterocycles. The molecule has 0 atom stereocenters.